The molecule has 0 radical (unpaired) electrons. The summed E-state index contributed by atoms with van der Waals surface area (Å²) in [4.78, 5) is 0. The van der Waals surface area contributed by atoms with E-state index in [0.29, 0.717) is 12.2 Å². The molecule has 1 unspecified atom stereocenters. The molecule has 0 spiro atoms. The minimum atomic E-state index is -1.07. The first kappa shape index (κ1) is 21.6. The fraction of sp³-hybridized carbons (Fsp3) is 0.308. The topological polar surface area (TPSA) is 40.5 Å². The standard InChI is InChI=1S/C26H30O2S/c1-3-25(28,20-27)21(2)19-29-26(22-13-7-4-8-14-22,23-15-9-5-10-16-23)24-17-11-6-12-18-24/h4-18,21,27-28H,3,19-20H2,1-2H3/t21?,25-/m1/s1. The van der Waals surface area contributed by atoms with Gasteiger partial charge in [0.05, 0.1) is 17.0 Å². The molecule has 0 saturated heterocycles. The van der Waals surface area contributed by atoms with Gasteiger partial charge in [0, 0.05) is 5.75 Å². The average molecular weight is 407 g/mol. The molecule has 0 aromatic heterocycles. The molecule has 3 heteroatoms. The van der Waals surface area contributed by atoms with Gasteiger partial charge < -0.3 is 10.2 Å². The van der Waals surface area contributed by atoms with E-state index in [1.54, 1.807) is 0 Å². The molecule has 0 bridgehead atoms. The number of hydrogen-bond acceptors (Lipinski definition) is 3. The zero-order valence-electron chi connectivity index (χ0n) is 17.2. The molecule has 0 aliphatic rings. The minimum absolute atomic E-state index is 0.0574. The van der Waals surface area contributed by atoms with Crippen LogP contribution in [-0.4, -0.2) is 28.2 Å². The number of aliphatic hydroxyl groups excluding tert-OH is 1. The average Bonchev–Trinajstić information content (AvgIpc) is 2.81. The summed E-state index contributed by atoms with van der Waals surface area (Å²) in [6.07, 6.45) is 0.528. The molecule has 3 aromatic rings. The zero-order chi connectivity index (χ0) is 20.7. The summed E-state index contributed by atoms with van der Waals surface area (Å²) in [5.41, 5.74) is 2.55. The molecule has 3 rings (SSSR count). The summed E-state index contributed by atoms with van der Waals surface area (Å²) < 4.78 is -0.401. The Morgan fingerprint density at radius 3 is 1.45 bits per heavy atom. The molecule has 2 atom stereocenters. The van der Waals surface area contributed by atoms with E-state index in [2.05, 4.69) is 72.8 Å². The van der Waals surface area contributed by atoms with Crippen molar-refractivity contribution >= 4 is 11.8 Å². The molecule has 152 valence electrons. The smallest absolute Gasteiger partial charge is 0.0907 e. The first-order valence-electron chi connectivity index (χ1n) is 10.2. The van der Waals surface area contributed by atoms with E-state index in [1.165, 1.54) is 16.7 Å². The highest BCUT2D eigenvalue weighted by molar-refractivity contribution is 8.00. The highest BCUT2D eigenvalue weighted by Gasteiger charge is 2.39. The van der Waals surface area contributed by atoms with Crippen LogP contribution in [0.4, 0.5) is 0 Å². The lowest BCUT2D eigenvalue weighted by Crippen LogP contribution is -2.41. The number of thioether (sulfide) groups is 1. The molecular weight excluding hydrogens is 376 g/mol. The van der Waals surface area contributed by atoms with Crippen molar-refractivity contribution in [3.63, 3.8) is 0 Å². The van der Waals surface area contributed by atoms with Crippen molar-refractivity contribution in [2.75, 3.05) is 12.4 Å². The first-order chi connectivity index (χ1) is 14.1. The Balaban J connectivity index is 2.13. The van der Waals surface area contributed by atoms with E-state index in [1.807, 2.05) is 43.8 Å². The maximum absolute atomic E-state index is 10.8. The second kappa shape index (κ2) is 9.62. The van der Waals surface area contributed by atoms with Crippen LogP contribution in [0, 0.1) is 5.92 Å². The van der Waals surface area contributed by atoms with Gasteiger partial charge in [-0.2, -0.15) is 0 Å². The Kier molecular flexibility index (Phi) is 7.18. The third-order valence-electron chi connectivity index (χ3n) is 5.89. The Bertz CT molecular complexity index is 764. The van der Waals surface area contributed by atoms with Gasteiger partial charge in [0.2, 0.25) is 0 Å². The molecule has 0 aliphatic heterocycles. The van der Waals surface area contributed by atoms with Crippen LogP contribution in [0.15, 0.2) is 91.0 Å². The third-order valence-corrected chi connectivity index (χ3v) is 7.70. The Morgan fingerprint density at radius 1 is 0.759 bits per heavy atom. The largest absolute Gasteiger partial charge is 0.393 e. The van der Waals surface area contributed by atoms with Gasteiger partial charge in [0.15, 0.2) is 0 Å². The molecule has 3 aromatic carbocycles. The SMILES string of the molecule is CC[C@@](O)(CO)C(C)CSC(c1ccccc1)(c1ccccc1)c1ccccc1. The van der Waals surface area contributed by atoms with Crippen molar-refractivity contribution in [1.82, 2.24) is 0 Å². The highest BCUT2D eigenvalue weighted by atomic mass is 32.2. The predicted octanol–water partition coefficient (Wildman–Crippen LogP) is 5.48. The fourth-order valence-electron chi connectivity index (χ4n) is 3.79. The summed E-state index contributed by atoms with van der Waals surface area (Å²) in [5, 5.41) is 20.6. The van der Waals surface area contributed by atoms with Crippen molar-refractivity contribution in [3.05, 3.63) is 108 Å². The molecule has 2 N–H and O–H groups in total. The lowest BCUT2D eigenvalue weighted by Gasteiger charge is -2.38. The van der Waals surface area contributed by atoms with E-state index in [9.17, 15) is 10.2 Å². The number of rotatable bonds is 9. The predicted molar refractivity (Wildman–Crippen MR) is 123 cm³/mol. The number of benzene rings is 3. The molecule has 0 heterocycles. The molecule has 29 heavy (non-hydrogen) atoms. The first-order valence-corrected chi connectivity index (χ1v) is 11.2. The second-order valence-electron chi connectivity index (χ2n) is 7.61. The molecule has 0 fully saturated rings. The second-order valence-corrected chi connectivity index (χ2v) is 8.84. The third kappa shape index (κ3) is 4.42. The van der Waals surface area contributed by atoms with Gasteiger partial charge in [-0.15, -0.1) is 11.8 Å². The summed E-state index contributed by atoms with van der Waals surface area (Å²) in [6, 6.07) is 31.7. The normalized spacial score (nSPS) is 14.9. The molecular formula is C26H30O2S. The van der Waals surface area contributed by atoms with E-state index in [-0.39, 0.29) is 12.5 Å². The van der Waals surface area contributed by atoms with Gasteiger partial charge in [0.1, 0.15) is 0 Å². The lowest BCUT2D eigenvalue weighted by molar-refractivity contribution is -0.0522. The molecule has 0 saturated carbocycles. The van der Waals surface area contributed by atoms with Crippen molar-refractivity contribution in [2.24, 2.45) is 5.92 Å². The summed E-state index contributed by atoms with van der Waals surface area (Å²) in [6.45, 7) is 3.73. The number of hydrogen-bond donors (Lipinski definition) is 2. The Labute approximate surface area is 178 Å². The van der Waals surface area contributed by atoms with Gasteiger partial charge in [-0.1, -0.05) is 105 Å². The molecule has 0 amide bonds. The zero-order valence-corrected chi connectivity index (χ0v) is 18.0. The lowest BCUT2D eigenvalue weighted by atomic mass is 9.84. The summed E-state index contributed by atoms with van der Waals surface area (Å²) >= 11 is 1.82. The van der Waals surface area contributed by atoms with Gasteiger partial charge in [-0.25, -0.2) is 0 Å². The van der Waals surface area contributed by atoms with Crippen LogP contribution in [0.2, 0.25) is 0 Å². The maximum atomic E-state index is 10.8. The van der Waals surface area contributed by atoms with Crippen molar-refractivity contribution in [3.8, 4) is 0 Å². The molecule has 2 nitrogen and oxygen atoms in total. The minimum Gasteiger partial charge on any atom is -0.393 e. The summed E-state index contributed by atoms with van der Waals surface area (Å²) in [5.74, 6) is 0.654. The van der Waals surface area contributed by atoms with Crippen LogP contribution in [0.5, 0.6) is 0 Å². The summed E-state index contributed by atoms with van der Waals surface area (Å²) in [7, 11) is 0. The van der Waals surface area contributed by atoms with Gasteiger partial charge >= 0.3 is 0 Å². The van der Waals surface area contributed by atoms with Crippen molar-refractivity contribution in [2.45, 2.75) is 30.6 Å². The van der Waals surface area contributed by atoms with E-state index < -0.39 is 10.3 Å². The van der Waals surface area contributed by atoms with Crippen molar-refractivity contribution < 1.29 is 10.2 Å². The van der Waals surface area contributed by atoms with Crippen LogP contribution in [-0.2, 0) is 4.75 Å². The van der Waals surface area contributed by atoms with E-state index >= 15 is 0 Å². The van der Waals surface area contributed by atoms with Crippen molar-refractivity contribution in [1.29, 1.82) is 0 Å². The van der Waals surface area contributed by atoms with Gasteiger partial charge in [-0.05, 0) is 29.0 Å². The van der Waals surface area contributed by atoms with Crippen LogP contribution in [0.25, 0.3) is 0 Å². The maximum Gasteiger partial charge on any atom is 0.0907 e. The number of aliphatic hydroxyl groups is 2. The molecule has 0 aliphatic carbocycles. The monoisotopic (exact) mass is 406 g/mol. The Morgan fingerprint density at radius 2 is 1.14 bits per heavy atom. The van der Waals surface area contributed by atoms with Crippen LogP contribution in [0.3, 0.4) is 0 Å². The highest BCUT2D eigenvalue weighted by Crippen LogP contribution is 2.49. The van der Waals surface area contributed by atoms with Crippen LogP contribution < -0.4 is 0 Å². The van der Waals surface area contributed by atoms with Gasteiger partial charge in [0.25, 0.3) is 0 Å². The van der Waals surface area contributed by atoms with E-state index in [0.717, 1.165) is 0 Å². The van der Waals surface area contributed by atoms with Crippen LogP contribution >= 0.6 is 11.8 Å². The van der Waals surface area contributed by atoms with E-state index in [4.69, 9.17) is 0 Å². The fourth-order valence-corrected chi connectivity index (χ4v) is 5.51. The quantitative estimate of drug-likeness (QED) is 0.462. The Hall–Kier alpha value is -2.07. The van der Waals surface area contributed by atoms with Crippen LogP contribution in [0.1, 0.15) is 37.0 Å². The van der Waals surface area contributed by atoms with Gasteiger partial charge in [-0.3, -0.25) is 0 Å².